The molecular weight excluding hydrogens is 393 g/mol. The highest BCUT2D eigenvalue weighted by molar-refractivity contribution is 14.1. The van der Waals surface area contributed by atoms with Crippen molar-refractivity contribution in [2.24, 2.45) is 7.05 Å². The standard InChI is InChI=1S/C12H13BrIN3/c1-15-12(11-5-6-17(2)16-11)9-7-8(14)3-4-10(9)13/h3-7,12,15H,1-2H3. The molecule has 3 nitrogen and oxygen atoms in total. The van der Waals surface area contributed by atoms with Crippen molar-refractivity contribution >= 4 is 38.5 Å². The molecule has 17 heavy (non-hydrogen) atoms. The Balaban J connectivity index is 2.45. The summed E-state index contributed by atoms with van der Waals surface area (Å²) in [7, 11) is 3.88. The van der Waals surface area contributed by atoms with E-state index in [1.54, 1.807) is 0 Å². The van der Waals surface area contributed by atoms with Gasteiger partial charge in [0.1, 0.15) is 0 Å². The average molecular weight is 406 g/mol. The van der Waals surface area contributed by atoms with Gasteiger partial charge in [-0.1, -0.05) is 15.9 Å². The molecule has 2 aromatic rings. The summed E-state index contributed by atoms with van der Waals surface area (Å²) in [6.45, 7) is 0. The van der Waals surface area contributed by atoms with Gasteiger partial charge in [0, 0.05) is 21.3 Å². The van der Waals surface area contributed by atoms with Crippen molar-refractivity contribution < 1.29 is 0 Å². The Bertz CT molecular complexity index is 524. The van der Waals surface area contributed by atoms with Crippen LogP contribution in [0.5, 0.6) is 0 Å². The number of halogens is 2. The second kappa shape index (κ2) is 5.49. The molecule has 1 aromatic heterocycles. The van der Waals surface area contributed by atoms with Crippen LogP contribution in [0.2, 0.25) is 0 Å². The first kappa shape index (κ1) is 13.0. The minimum absolute atomic E-state index is 0.111. The summed E-state index contributed by atoms with van der Waals surface area (Å²) in [5, 5.41) is 7.77. The summed E-state index contributed by atoms with van der Waals surface area (Å²) >= 11 is 5.92. The van der Waals surface area contributed by atoms with Crippen molar-refractivity contribution in [3.05, 3.63) is 49.8 Å². The summed E-state index contributed by atoms with van der Waals surface area (Å²) in [6, 6.07) is 8.47. The van der Waals surface area contributed by atoms with Gasteiger partial charge in [-0.2, -0.15) is 5.10 Å². The molecule has 0 saturated heterocycles. The van der Waals surface area contributed by atoms with E-state index >= 15 is 0 Å². The monoisotopic (exact) mass is 405 g/mol. The Morgan fingerprint density at radius 3 is 2.76 bits per heavy atom. The van der Waals surface area contributed by atoms with Gasteiger partial charge in [0.05, 0.1) is 11.7 Å². The lowest BCUT2D eigenvalue weighted by Gasteiger charge is -2.16. The Hall–Kier alpha value is -0.400. The minimum Gasteiger partial charge on any atom is -0.308 e. The highest BCUT2D eigenvalue weighted by atomic mass is 127. The van der Waals surface area contributed by atoms with Crippen LogP contribution in [0.1, 0.15) is 17.3 Å². The molecule has 0 saturated carbocycles. The molecule has 0 spiro atoms. The van der Waals surface area contributed by atoms with E-state index in [0.717, 1.165) is 10.2 Å². The zero-order chi connectivity index (χ0) is 12.4. The lowest BCUT2D eigenvalue weighted by molar-refractivity contribution is 0.640. The Kier molecular flexibility index (Phi) is 4.22. The summed E-state index contributed by atoms with van der Waals surface area (Å²) in [5.74, 6) is 0. The van der Waals surface area contributed by atoms with Crippen LogP contribution in [0.15, 0.2) is 34.9 Å². The van der Waals surface area contributed by atoms with E-state index in [4.69, 9.17) is 0 Å². The van der Waals surface area contributed by atoms with Gasteiger partial charge in [-0.3, -0.25) is 4.68 Å². The second-order valence-corrected chi connectivity index (χ2v) is 5.90. The summed E-state index contributed by atoms with van der Waals surface area (Å²) < 4.78 is 4.14. The SMILES string of the molecule is CNC(c1ccn(C)n1)c1cc(I)ccc1Br. The van der Waals surface area contributed by atoms with Gasteiger partial charge < -0.3 is 5.32 Å². The Morgan fingerprint density at radius 2 is 2.18 bits per heavy atom. The maximum absolute atomic E-state index is 4.46. The van der Waals surface area contributed by atoms with Gasteiger partial charge >= 0.3 is 0 Å². The molecule has 0 aliphatic rings. The fourth-order valence-corrected chi connectivity index (χ4v) is 2.78. The van der Waals surface area contributed by atoms with Crippen molar-refractivity contribution in [2.75, 3.05) is 7.05 Å². The third-order valence-corrected chi connectivity index (χ3v) is 3.98. The molecule has 0 amide bonds. The van der Waals surface area contributed by atoms with Crippen molar-refractivity contribution in [3.63, 3.8) is 0 Å². The number of nitrogens with zero attached hydrogens (tertiary/aromatic N) is 2. The molecule has 1 atom stereocenters. The fraction of sp³-hybridized carbons (Fsp3) is 0.250. The molecule has 2 rings (SSSR count). The van der Waals surface area contributed by atoms with Crippen molar-refractivity contribution in [1.29, 1.82) is 0 Å². The van der Waals surface area contributed by atoms with E-state index in [0.29, 0.717) is 0 Å². The lowest BCUT2D eigenvalue weighted by Crippen LogP contribution is -2.19. The first-order valence-electron chi connectivity index (χ1n) is 5.23. The quantitative estimate of drug-likeness (QED) is 0.795. The molecule has 1 N–H and O–H groups in total. The van der Waals surface area contributed by atoms with Crippen LogP contribution < -0.4 is 5.32 Å². The molecule has 1 unspecified atom stereocenters. The van der Waals surface area contributed by atoms with Crippen LogP contribution in [-0.2, 0) is 7.05 Å². The number of hydrogen-bond donors (Lipinski definition) is 1. The van der Waals surface area contributed by atoms with Crippen LogP contribution in [0.4, 0.5) is 0 Å². The smallest absolute Gasteiger partial charge is 0.0839 e. The lowest BCUT2D eigenvalue weighted by atomic mass is 10.0. The van der Waals surface area contributed by atoms with Gasteiger partial charge in [-0.15, -0.1) is 0 Å². The van der Waals surface area contributed by atoms with Crippen LogP contribution in [0, 0.1) is 3.57 Å². The molecule has 0 radical (unpaired) electrons. The molecule has 1 heterocycles. The van der Waals surface area contributed by atoms with Crippen LogP contribution in [-0.4, -0.2) is 16.8 Å². The molecule has 90 valence electrons. The molecule has 0 fully saturated rings. The highest BCUT2D eigenvalue weighted by Gasteiger charge is 2.17. The summed E-state index contributed by atoms with van der Waals surface area (Å²) in [4.78, 5) is 0. The Labute approximate surface area is 123 Å². The number of benzene rings is 1. The van der Waals surface area contributed by atoms with E-state index in [1.165, 1.54) is 9.13 Å². The molecule has 5 heteroatoms. The van der Waals surface area contributed by atoms with Gasteiger partial charge in [0.2, 0.25) is 0 Å². The van der Waals surface area contributed by atoms with Gasteiger partial charge in [-0.25, -0.2) is 0 Å². The number of aryl methyl sites for hydroxylation is 1. The third kappa shape index (κ3) is 2.89. The number of aromatic nitrogens is 2. The summed E-state index contributed by atoms with van der Waals surface area (Å²) in [6.07, 6.45) is 1.96. The predicted molar refractivity (Wildman–Crippen MR) is 81.0 cm³/mol. The van der Waals surface area contributed by atoms with Crippen LogP contribution in [0.3, 0.4) is 0 Å². The van der Waals surface area contributed by atoms with E-state index < -0.39 is 0 Å². The second-order valence-electron chi connectivity index (χ2n) is 3.80. The van der Waals surface area contributed by atoms with E-state index in [9.17, 15) is 0 Å². The van der Waals surface area contributed by atoms with E-state index in [2.05, 4.69) is 67.1 Å². The first-order valence-corrected chi connectivity index (χ1v) is 7.10. The maximum atomic E-state index is 4.46. The zero-order valence-electron chi connectivity index (χ0n) is 9.61. The molecule has 0 bridgehead atoms. The molecular formula is C12H13BrIN3. The normalized spacial score (nSPS) is 12.7. The average Bonchev–Trinajstić information content (AvgIpc) is 2.71. The number of rotatable bonds is 3. The predicted octanol–water partition coefficient (Wildman–Crippen LogP) is 3.10. The largest absolute Gasteiger partial charge is 0.308 e. The van der Waals surface area contributed by atoms with E-state index in [-0.39, 0.29) is 6.04 Å². The van der Waals surface area contributed by atoms with Crippen LogP contribution >= 0.6 is 38.5 Å². The van der Waals surface area contributed by atoms with E-state index in [1.807, 2.05) is 31.0 Å². The fourth-order valence-electron chi connectivity index (χ4n) is 1.79. The first-order chi connectivity index (χ1) is 8.11. The third-order valence-electron chi connectivity index (χ3n) is 2.59. The highest BCUT2D eigenvalue weighted by Crippen LogP contribution is 2.28. The van der Waals surface area contributed by atoms with Gasteiger partial charge in [0.25, 0.3) is 0 Å². The Morgan fingerprint density at radius 1 is 1.41 bits per heavy atom. The van der Waals surface area contributed by atoms with Gasteiger partial charge in [0.15, 0.2) is 0 Å². The zero-order valence-corrected chi connectivity index (χ0v) is 13.4. The molecule has 0 aliphatic heterocycles. The van der Waals surface area contributed by atoms with Crippen molar-refractivity contribution in [1.82, 2.24) is 15.1 Å². The topological polar surface area (TPSA) is 29.9 Å². The maximum Gasteiger partial charge on any atom is 0.0839 e. The van der Waals surface area contributed by atoms with Gasteiger partial charge in [-0.05, 0) is 59.5 Å². The summed E-state index contributed by atoms with van der Waals surface area (Å²) in [5.41, 5.74) is 2.23. The van der Waals surface area contributed by atoms with Crippen molar-refractivity contribution in [2.45, 2.75) is 6.04 Å². The number of hydrogen-bond acceptors (Lipinski definition) is 2. The van der Waals surface area contributed by atoms with Crippen molar-refractivity contribution in [3.8, 4) is 0 Å². The molecule has 0 aliphatic carbocycles. The number of nitrogens with one attached hydrogen (secondary N) is 1. The minimum atomic E-state index is 0.111. The van der Waals surface area contributed by atoms with Crippen LogP contribution in [0.25, 0.3) is 0 Å². The molecule has 1 aromatic carbocycles.